The summed E-state index contributed by atoms with van der Waals surface area (Å²) in [6, 6.07) is 4.81. The highest BCUT2D eigenvalue weighted by molar-refractivity contribution is 7.99. The standard InChI is InChI=1S/C16H20FN3O3S2/c17-13-7-11(1-2-14(13)19-3-5-25-6-4-19)20-9-12(23-16(20)22)8-18-15(21)10-24/h1-2,7,12,24H,3-6,8-10H2,(H,18,21). The zero-order valence-corrected chi connectivity index (χ0v) is 15.3. The van der Waals surface area contributed by atoms with Crippen molar-refractivity contribution in [1.82, 2.24) is 5.32 Å². The van der Waals surface area contributed by atoms with Crippen molar-refractivity contribution in [2.75, 3.05) is 53.2 Å². The first-order valence-electron chi connectivity index (χ1n) is 8.06. The molecule has 2 aliphatic heterocycles. The molecule has 1 aromatic rings. The Morgan fingerprint density at radius 1 is 1.40 bits per heavy atom. The van der Waals surface area contributed by atoms with Gasteiger partial charge in [0, 0.05) is 24.6 Å². The number of nitrogens with one attached hydrogen (secondary N) is 1. The minimum Gasteiger partial charge on any atom is -0.442 e. The molecule has 0 spiro atoms. The summed E-state index contributed by atoms with van der Waals surface area (Å²) in [6.45, 7) is 2.12. The first-order chi connectivity index (χ1) is 12.1. The fourth-order valence-electron chi connectivity index (χ4n) is 2.85. The van der Waals surface area contributed by atoms with Crippen LogP contribution < -0.4 is 15.1 Å². The van der Waals surface area contributed by atoms with E-state index < -0.39 is 12.2 Å². The fraction of sp³-hybridized carbons (Fsp3) is 0.500. The lowest BCUT2D eigenvalue weighted by Crippen LogP contribution is -2.35. The quantitative estimate of drug-likeness (QED) is 0.757. The normalized spacial score (nSPS) is 20.6. The van der Waals surface area contributed by atoms with E-state index in [1.165, 1.54) is 11.0 Å². The molecule has 1 N–H and O–H groups in total. The van der Waals surface area contributed by atoms with Crippen LogP contribution in [0.5, 0.6) is 0 Å². The monoisotopic (exact) mass is 385 g/mol. The predicted molar refractivity (Wildman–Crippen MR) is 100 cm³/mol. The molecule has 0 bridgehead atoms. The SMILES string of the molecule is O=C(CS)NCC1CN(c2ccc(N3CCSCC3)c(F)c2)C(=O)O1. The summed E-state index contributed by atoms with van der Waals surface area (Å²) in [6.07, 6.45) is -0.996. The molecule has 1 atom stereocenters. The van der Waals surface area contributed by atoms with Crippen LogP contribution in [0.3, 0.4) is 0 Å². The number of rotatable bonds is 5. The van der Waals surface area contributed by atoms with Crippen LogP contribution >= 0.6 is 24.4 Å². The number of carbonyl (C=O) groups is 2. The zero-order valence-electron chi connectivity index (χ0n) is 13.6. The summed E-state index contributed by atoms with van der Waals surface area (Å²) in [5.74, 6) is 1.47. The number of cyclic esters (lactones) is 1. The second-order valence-corrected chi connectivity index (χ2v) is 7.35. The molecule has 0 aliphatic carbocycles. The third-order valence-corrected chi connectivity index (χ3v) is 5.37. The third-order valence-electron chi connectivity index (χ3n) is 4.14. The van der Waals surface area contributed by atoms with Gasteiger partial charge in [0.25, 0.3) is 0 Å². The molecule has 0 saturated carbocycles. The Labute approximate surface area is 155 Å². The van der Waals surface area contributed by atoms with Gasteiger partial charge in [0.15, 0.2) is 0 Å². The molecule has 0 radical (unpaired) electrons. The number of amides is 2. The minimum atomic E-state index is -0.536. The maximum Gasteiger partial charge on any atom is 0.414 e. The molecule has 2 fully saturated rings. The zero-order chi connectivity index (χ0) is 17.8. The molecule has 2 heterocycles. The van der Waals surface area contributed by atoms with Crippen LogP contribution in [0.15, 0.2) is 18.2 Å². The molecule has 3 rings (SSSR count). The molecule has 2 amide bonds. The van der Waals surface area contributed by atoms with Crippen molar-refractivity contribution in [3.05, 3.63) is 24.0 Å². The molecular formula is C16H20FN3O3S2. The Hall–Kier alpha value is -1.61. The number of carbonyl (C=O) groups excluding carboxylic acids is 2. The van der Waals surface area contributed by atoms with Gasteiger partial charge in [0.05, 0.1) is 30.2 Å². The second-order valence-electron chi connectivity index (χ2n) is 5.81. The lowest BCUT2D eigenvalue weighted by molar-refractivity contribution is -0.118. The highest BCUT2D eigenvalue weighted by Crippen LogP contribution is 2.29. The lowest BCUT2D eigenvalue weighted by atomic mass is 10.2. The summed E-state index contributed by atoms with van der Waals surface area (Å²) in [5.41, 5.74) is 1.02. The highest BCUT2D eigenvalue weighted by Gasteiger charge is 2.33. The summed E-state index contributed by atoms with van der Waals surface area (Å²) in [4.78, 5) is 26.7. The van der Waals surface area contributed by atoms with Crippen LogP contribution in [-0.4, -0.2) is 61.5 Å². The lowest BCUT2D eigenvalue weighted by Gasteiger charge is -2.29. The Morgan fingerprint density at radius 3 is 2.84 bits per heavy atom. The van der Waals surface area contributed by atoms with E-state index in [2.05, 4.69) is 17.9 Å². The van der Waals surface area contributed by atoms with Crippen molar-refractivity contribution >= 4 is 47.8 Å². The van der Waals surface area contributed by atoms with E-state index in [-0.39, 0.29) is 30.6 Å². The molecular weight excluding hydrogens is 365 g/mol. The first-order valence-corrected chi connectivity index (χ1v) is 9.85. The smallest absolute Gasteiger partial charge is 0.414 e. The molecule has 25 heavy (non-hydrogen) atoms. The van der Waals surface area contributed by atoms with Gasteiger partial charge in [-0.1, -0.05) is 0 Å². The molecule has 0 aromatic heterocycles. The molecule has 6 nitrogen and oxygen atoms in total. The minimum absolute atomic E-state index is 0.0755. The van der Waals surface area contributed by atoms with Crippen LogP contribution in [0.4, 0.5) is 20.6 Å². The van der Waals surface area contributed by atoms with Gasteiger partial charge in [0.1, 0.15) is 11.9 Å². The predicted octanol–water partition coefficient (Wildman–Crippen LogP) is 1.75. The van der Waals surface area contributed by atoms with Crippen molar-refractivity contribution < 1.29 is 18.7 Å². The maximum absolute atomic E-state index is 14.5. The fourth-order valence-corrected chi connectivity index (χ4v) is 3.86. The van der Waals surface area contributed by atoms with Crippen molar-refractivity contribution in [1.29, 1.82) is 0 Å². The third kappa shape index (κ3) is 4.33. The van der Waals surface area contributed by atoms with Crippen LogP contribution in [-0.2, 0) is 9.53 Å². The Bertz CT molecular complexity index is 656. The van der Waals surface area contributed by atoms with E-state index >= 15 is 0 Å². The molecule has 2 saturated heterocycles. The van der Waals surface area contributed by atoms with Crippen LogP contribution in [0.2, 0.25) is 0 Å². The van der Waals surface area contributed by atoms with Crippen molar-refractivity contribution in [3.8, 4) is 0 Å². The van der Waals surface area contributed by atoms with E-state index in [0.29, 0.717) is 11.4 Å². The molecule has 9 heteroatoms. The van der Waals surface area contributed by atoms with E-state index in [4.69, 9.17) is 4.74 Å². The maximum atomic E-state index is 14.5. The molecule has 2 aliphatic rings. The number of anilines is 2. The molecule has 1 unspecified atom stereocenters. The van der Waals surface area contributed by atoms with Crippen LogP contribution in [0.25, 0.3) is 0 Å². The van der Waals surface area contributed by atoms with Gasteiger partial charge in [-0.05, 0) is 18.2 Å². The Morgan fingerprint density at radius 2 is 2.16 bits per heavy atom. The first kappa shape index (κ1) is 18.2. The summed E-state index contributed by atoms with van der Waals surface area (Å²) < 4.78 is 19.7. The van der Waals surface area contributed by atoms with Crippen LogP contribution in [0, 0.1) is 5.82 Å². The van der Waals surface area contributed by atoms with Gasteiger partial charge in [-0.3, -0.25) is 9.69 Å². The van der Waals surface area contributed by atoms with E-state index in [9.17, 15) is 14.0 Å². The highest BCUT2D eigenvalue weighted by atomic mass is 32.2. The van der Waals surface area contributed by atoms with Crippen molar-refractivity contribution in [2.24, 2.45) is 0 Å². The van der Waals surface area contributed by atoms with Gasteiger partial charge >= 0.3 is 6.09 Å². The van der Waals surface area contributed by atoms with Crippen LogP contribution in [0.1, 0.15) is 0 Å². The van der Waals surface area contributed by atoms with Gasteiger partial charge in [-0.2, -0.15) is 24.4 Å². The van der Waals surface area contributed by atoms with Crippen molar-refractivity contribution in [2.45, 2.75) is 6.10 Å². The second kappa shape index (κ2) is 8.18. The summed E-state index contributed by atoms with van der Waals surface area (Å²) in [5, 5.41) is 2.63. The number of thiol groups is 1. The van der Waals surface area contributed by atoms with E-state index in [0.717, 1.165) is 24.6 Å². The topological polar surface area (TPSA) is 61.9 Å². The van der Waals surface area contributed by atoms with Crippen molar-refractivity contribution in [3.63, 3.8) is 0 Å². The number of halogens is 1. The number of hydrogen-bond acceptors (Lipinski definition) is 6. The van der Waals surface area contributed by atoms with E-state index in [1.54, 1.807) is 12.1 Å². The average Bonchev–Trinajstić information content (AvgIpc) is 3.01. The number of hydrogen-bond donors (Lipinski definition) is 2. The Kier molecular flexibility index (Phi) is 5.95. The largest absolute Gasteiger partial charge is 0.442 e. The summed E-state index contributed by atoms with van der Waals surface area (Å²) >= 11 is 5.74. The van der Waals surface area contributed by atoms with Gasteiger partial charge in [-0.25, -0.2) is 9.18 Å². The number of benzene rings is 1. The van der Waals surface area contributed by atoms with E-state index in [1.807, 2.05) is 16.7 Å². The summed E-state index contributed by atoms with van der Waals surface area (Å²) in [7, 11) is 0. The molecule has 136 valence electrons. The number of nitrogens with zero attached hydrogens (tertiary/aromatic N) is 2. The van der Waals surface area contributed by atoms with Gasteiger partial charge in [-0.15, -0.1) is 0 Å². The molecule has 1 aromatic carbocycles. The van der Waals surface area contributed by atoms with Gasteiger partial charge in [0.2, 0.25) is 5.91 Å². The number of thioether (sulfide) groups is 1. The van der Waals surface area contributed by atoms with Gasteiger partial charge < -0.3 is 15.0 Å². The average molecular weight is 385 g/mol. The Balaban J connectivity index is 1.66. The number of ether oxygens (including phenoxy) is 1.